The van der Waals surface area contributed by atoms with Gasteiger partial charge in [-0.25, -0.2) is 14.3 Å². The maximum Gasteiger partial charge on any atom is 0.276 e. The van der Waals surface area contributed by atoms with E-state index in [0.29, 0.717) is 18.1 Å². The van der Waals surface area contributed by atoms with E-state index >= 15 is 0 Å². The number of carbonyl (C=O) groups excluding carboxylic acids is 1. The van der Waals surface area contributed by atoms with Crippen molar-refractivity contribution in [1.29, 1.82) is 0 Å². The molecule has 0 bridgehead atoms. The minimum Gasteiger partial charge on any atom is -0.305 e. The number of hydrogen-bond donors (Lipinski definition) is 1. The van der Waals surface area contributed by atoms with Crippen molar-refractivity contribution >= 4 is 23.1 Å². The second kappa shape index (κ2) is 8.37. The van der Waals surface area contributed by atoms with E-state index in [1.165, 1.54) is 11.3 Å². The van der Waals surface area contributed by atoms with Crippen LogP contribution in [0.3, 0.4) is 0 Å². The van der Waals surface area contributed by atoms with Crippen LogP contribution in [-0.4, -0.2) is 30.5 Å². The van der Waals surface area contributed by atoms with E-state index in [2.05, 4.69) is 20.5 Å². The summed E-state index contributed by atoms with van der Waals surface area (Å²) in [6.07, 6.45) is 5.33. The molecule has 3 aromatic heterocycles. The SMILES string of the molecule is O=C(Nc1ccnn1Cc1ccccc1)c1csc(-c2cnn(-c3ccccc3)c2)n1. The van der Waals surface area contributed by atoms with Crippen molar-refractivity contribution in [1.82, 2.24) is 24.5 Å². The third kappa shape index (κ3) is 4.15. The molecular formula is C23H18N6OS. The van der Waals surface area contributed by atoms with E-state index in [1.54, 1.807) is 33.2 Å². The van der Waals surface area contributed by atoms with Gasteiger partial charge in [-0.1, -0.05) is 48.5 Å². The zero-order valence-electron chi connectivity index (χ0n) is 16.4. The first-order chi connectivity index (χ1) is 15.3. The topological polar surface area (TPSA) is 77.6 Å². The highest BCUT2D eigenvalue weighted by atomic mass is 32.1. The van der Waals surface area contributed by atoms with Crippen molar-refractivity contribution in [3.8, 4) is 16.3 Å². The summed E-state index contributed by atoms with van der Waals surface area (Å²) in [4.78, 5) is 17.3. The molecule has 5 aromatic rings. The van der Waals surface area contributed by atoms with Crippen molar-refractivity contribution < 1.29 is 4.79 Å². The molecule has 0 aliphatic heterocycles. The first-order valence-corrected chi connectivity index (χ1v) is 10.6. The zero-order valence-corrected chi connectivity index (χ0v) is 17.2. The monoisotopic (exact) mass is 426 g/mol. The molecule has 0 aliphatic rings. The third-order valence-electron chi connectivity index (χ3n) is 4.72. The number of aromatic nitrogens is 5. The highest BCUT2D eigenvalue weighted by Gasteiger charge is 2.15. The summed E-state index contributed by atoms with van der Waals surface area (Å²) in [6, 6.07) is 21.6. The summed E-state index contributed by atoms with van der Waals surface area (Å²) < 4.78 is 3.54. The van der Waals surface area contributed by atoms with Gasteiger partial charge in [0.25, 0.3) is 5.91 Å². The summed E-state index contributed by atoms with van der Waals surface area (Å²) in [5, 5.41) is 14.1. The lowest BCUT2D eigenvalue weighted by atomic mass is 10.2. The quantitative estimate of drug-likeness (QED) is 0.434. The van der Waals surface area contributed by atoms with Crippen LogP contribution in [0.15, 0.2) is 90.7 Å². The number of nitrogens with one attached hydrogen (secondary N) is 1. The van der Waals surface area contributed by atoms with E-state index in [-0.39, 0.29) is 5.91 Å². The Morgan fingerprint density at radius 1 is 0.968 bits per heavy atom. The van der Waals surface area contributed by atoms with Gasteiger partial charge in [0.1, 0.15) is 16.5 Å². The molecule has 3 heterocycles. The number of carbonyl (C=O) groups is 1. The summed E-state index contributed by atoms with van der Waals surface area (Å²) in [6.45, 7) is 0.574. The molecule has 31 heavy (non-hydrogen) atoms. The van der Waals surface area contributed by atoms with E-state index in [0.717, 1.165) is 21.8 Å². The molecule has 0 saturated heterocycles. The lowest BCUT2D eigenvalue weighted by molar-refractivity contribution is 0.102. The first kappa shape index (κ1) is 19.0. The van der Waals surface area contributed by atoms with Gasteiger partial charge in [-0.3, -0.25) is 4.79 Å². The molecule has 5 rings (SSSR count). The predicted octanol–water partition coefficient (Wildman–Crippen LogP) is 4.49. The Labute approximate surface area is 182 Å². The summed E-state index contributed by atoms with van der Waals surface area (Å²) in [7, 11) is 0. The first-order valence-electron chi connectivity index (χ1n) is 9.69. The lowest BCUT2D eigenvalue weighted by Gasteiger charge is -2.08. The van der Waals surface area contributed by atoms with Crippen molar-refractivity contribution in [2.75, 3.05) is 5.32 Å². The van der Waals surface area contributed by atoms with E-state index in [9.17, 15) is 4.79 Å². The van der Waals surface area contributed by atoms with Crippen molar-refractivity contribution in [2.45, 2.75) is 6.54 Å². The van der Waals surface area contributed by atoms with Gasteiger partial charge in [0.15, 0.2) is 0 Å². The molecule has 152 valence electrons. The molecule has 0 saturated carbocycles. The average molecular weight is 427 g/mol. The summed E-state index contributed by atoms with van der Waals surface area (Å²) in [5.41, 5.74) is 3.30. The maximum atomic E-state index is 12.8. The molecule has 0 aliphatic carbocycles. The molecule has 0 unspecified atom stereocenters. The van der Waals surface area contributed by atoms with Gasteiger partial charge in [0, 0.05) is 23.2 Å². The average Bonchev–Trinajstić information content (AvgIpc) is 3.56. The van der Waals surface area contributed by atoms with Crippen LogP contribution in [0.4, 0.5) is 5.82 Å². The van der Waals surface area contributed by atoms with Gasteiger partial charge < -0.3 is 5.32 Å². The Hall–Kier alpha value is -4.04. The maximum absolute atomic E-state index is 12.8. The largest absolute Gasteiger partial charge is 0.305 e. The minimum atomic E-state index is -0.271. The standard InChI is InChI=1S/C23H18N6OS/c30-22(27-21-11-12-24-29(21)14-17-7-3-1-4-8-17)20-16-31-23(26-20)18-13-25-28(15-18)19-9-5-2-6-10-19/h1-13,15-16H,14H2,(H,27,30). The fraction of sp³-hybridized carbons (Fsp3) is 0.0435. The highest BCUT2D eigenvalue weighted by molar-refractivity contribution is 7.13. The van der Waals surface area contributed by atoms with Crippen LogP contribution >= 0.6 is 11.3 Å². The van der Waals surface area contributed by atoms with Crippen LogP contribution in [0.25, 0.3) is 16.3 Å². The molecule has 1 amide bonds. The van der Waals surface area contributed by atoms with Crippen LogP contribution in [-0.2, 0) is 6.54 Å². The number of rotatable bonds is 6. The number of hydrogen-bond acceptors (Lipinski definition) is 5. The predicted molar refractivity (Wildman–Crippen MR) is 120 cm³/mol. The molecule has 1 N–H and O–H groups in total. The fourth-order valence-corrected chi connectivity index (χ4v) is 3.94. The Morgan fingerprint density at radius 2 is 1.74 bits per heavy atom. The fourth-order valence-electron chi connectivity index (χ4n) is 3.17. The number of nitrogens with zero attached hydrogens (tertiary/aromatic N) is 5. The normalized spacial score (nSPS) is 10.8. The number of benzene rings is 2. The van der Waals surface area contributed by atoms with Gasteiger partial charge in [-0.15, -0.1) is 11.3 Å². The minimum absolute atomic E-state index is 0.271. The molecule has 7 nitrogen and oxygen atoms in total. The highest BCUT2D eigenvalue weighted by Crippen LogP contribution is 2.24. The Morgan fingerprint density at radius 3 is 2.55 bits per heavy atom. The molecule has 0 fully saturated rings. The molecule has 0 spiro atoms. The Kier molecular flexibility index (Phi) is 5.12. The second-order valence-electron chi connectivity index (χ2n) is 6.86. The van der Waals surface area contributed by atoms with Gasteiger partial charge in [0.2, 0.25) is 0 Å². The van der Waals surface area contributed by atoms with Crippen molar-refractivity contribution in [2.24, 2.45) is 0 Å². The van der Waals surface area contributed by atoms with Crippen molar-refractivity contribution in [3.63, 3.8) is 0 Å². The van der Waals surface area contributed by atoms with Crippen LogP contribution in [0, 0.1) is 0 Å². The van der Waals surface area contributed by atoms with Crippen LogP contribution in [0.2, 0.25) is 0 Å². The molecular weight excluding hydrogens is 408 g/mol. The molecule has 8 heteroatoms. The third-order valence-corrected chi connectivity index (χ3v) is 5.61. The molecule has 0 atom stereocenters. The Balaban J connectivity index is 1.30. The van der Waals surface area contributed by atoms with Crippen LogP contribution in [0.5, 0.6) is 0 Å². The van der Waals surface area contributed by atoms with Crippen molar-refractivity contribution in [3.05, 3.63) is 102 Å². The molecule has 0 radical (unpaired) electrons. The molecule has 2 aromatic carbocycles. The number of amides is 1. The summed E-state index contributed by atoms with van der Waals surface area (Å²) in [5.74, 6) is 0.355. The lowest BCUT2D eigenvalue weighted by Crippen LogP contribution is -2.16. The summed E-state index contributed by atoms with van der Waals surface area (Å²) >= 11 is 1.41. The smallest absolute Gasteiger partial charge is 0.276 e. The van der Waals surface area contributed by atoms with Gasteiger partial charge in [-0.05, 0) is 17.7 Å². The number of para-hydroxylation sites is 1. The van der Waals surface area contributed by atoms with Crippen LogP contribution < -0.4 is 5.32 Å². The number of anilines is 1. The zero-order chi connectivity index (χ0) is 21.0. The van der Waals surface area contributed by atoms with Gasteiger partial charge in [-0.2, -0.15) is 10.2 Å². The number of thiazole rings is 1. The van der Waals surface area contributed by atoms with E-state index in [4.69, 9.17) is 0 Å². The Bertz CT molecular complexity index is 1310. The van der Waals surface area contributed by atoms with Crippen LogP contribution in [0.1, 0.15) is 16.1 Å². The van der Waals surface area contributed by atoms with Gasteiger partial charge in [0.05, 0.1) is 24.6 Å². The van der Waals surface area contributed by atoms with E-state index in [1.807, 2.05) is 66.9 Å². The van der Waals surface area contributed by atoms with E-state index < -0.39 is 0 Å². The van der Waals surface area contributed by atoms with Gasteiger partial charge >= 0.3 is 0 Å². The second-order valence-corrected chi connectivity index (χ2v) is 7.72.